The van der Waals surface area contributed by atoms with Crippen molar-refractivity contribution in [1.29, 1.82) is 5.26 Å². The van der Waals surface area contributed by atoms with E-state index in [4.69, 9.17) is 5.26 Å². The molecule has 0 saturated heterocycles. The summed E-state index contributed by atoms with van der Waals surface area (Å²) in [4.78, 5) is 13.3. The van der Waals surface area contributed by atoms with Gasteiger partial charge in [-0.3, -0.25) is 4.79 Å². The molecule has 7 heteroatoms. The van der Waals surface area contributed by atoms with Gasteiger partial charge in [0, 0.05) is 11.3 Å². The topological polar surface area (TPSA) is 66.6 Å². The van der Waals surface area contributed by atoms with Gasteiger partial charge in [-0.15, -0.1) is 0 Å². The molecule has 2 aromatic carbocycles. The zero-order valence-corrected chi connectivity index (χ0v) is 14.5. The molecule has 0 spiro atoms. The molecule has 1 unspecified atom stereocenters. The van der Waals surface area contributed by atoms with Crippen molar-refractivity contribution in [3.05, 3.63) is 59.7 Å². The number of hydrogen-bond acceptors (Lipinski definition) is 3. The van der Waals surface area contributed by atoms with Crippen molar-refractivity contribution in [2.75, 3.05) is 12.4 Å². The third-order valence-electron chi connectivity index (χ3n) is 4.02. The highest BCUT2D eigenvalue weighted by molar-refractivity contribution is 5.93. The molecule has 2 rings (SSSR count). The summed E-state index contributed by atoms with van der Waals surface area (Å²) in [6.07, 6.45) is 0. The maximum Gasteiger partial charge on any atom is 0.387 e. The number of carbonyl (C=O) groups is 1. The Kier molecular flexibility index (Phi) is 6.64. The van der Waals surface area contributed by atoms with E-state index < -0.39 is 6.61 Å². The number of quaternary nitrogens is 1. The molecule has 1 amide bonds. The second-order valence-corrected chi connectivity index (χ2v) is 5.95. The molecular weight excluding hydrogens is 340 g/mol. The van der Waals surface area contributed by atoms with Crippen LogP contribution < -0.4 is 15.0 Å². The van der Waals surface area contributed by atoms with Crippen LogP contribution in [0.1, 0.15) is 18.1 Å². The van der Waals surface area contributed by atoms with E-state index in [-0.39, 0.29) is 17.7 Å². The predicted octanol–water partition coefficient (Wildman–Crippen LogP) is 2.20. The fourth-order valence-electron chi connectivity index (χ4n) is 2.40. The summed E-state index contributed by atoms with van der Waals surface area (Å²) in [6.45, 7) is -0.507. The molecule has 2 aromatic rings. The molecule has 5 nitrogen and oxygen atoms in total. The molecule has 0 bridgehead atoms. The lowest BCUT2D eigenvalue weighted by Crippen LogP contribution is -3.12. The number of nitrogens with zero attached hydrogens (tertiary/aromatic N) is 1. The van der Waals surface area contributed by atoms with Crippen LogP contribution in [-0.4, -0.2) is 25.6 Å². The number of halogens is 2. The minimum absolute atomic E-state index is 0.101. The molecule has 2 N–H and O–H groups in total. The van der Waals surface area contributed by atoms with Gasteiger partial charge < -0.3 is 15.0 Å². The standard InChI is InChI=1S/C19H19F2N3O2/c1-13(18(25)23-16-5-3-4-15(10-16)11-22)24(2)12-14-6-8-17(9-7-14)26-19(20)21/h3-10,13,19H,12H2,1-2H3,(H,23,25)/p+1/t13-/m1/s1. The van der Waals surface area contributed by atoms with E-state index in [0.29, 0.717) is 17.8 Å². The van der Waals surface area contributed by atoms with Crippen molar-refractivity contribution in [2.24, 2.45) is 0 Å². The molecule has 26 heavy (non-hydrogen) atoms. The lowest BCUT2D eigenvalue weighted by Gasteiger charge is -2.21. The Balaban J connectivity index is 1.94. The number of amides is 1. The lowest BCUT2D eigenvalue weighted by atomic mass is 10.1. The van der Waals surface area contributed by atoms with Crippen molar-refractivity contribution in [3.8, 4) is 11.8 Å². The van der Waals surface area contributed by atoms with Crippen molar-refractivity contribution in [2.45, 2.75) is 26.1 Å². The molecule has 0 aliphatic heterocycles. The lowest BCUT2D eigenvalue weighted by molar-refractivity contribution is -0.907. The van der Waals surface area contributed by atoms with Crippen LogP contribution >= 0.6 is 0 Å². The zero-order chi connectivity index (χ0) is 19.1. The maximum absolute atomic E-state index is 12.4. The van der Waals surface area contributed by atoms with Gasteiger partial charge in [0.1, 0.15) is 12.3 Å². The second kappa shape index (κ2) is 8.92. The number of benzene rings is 2. The van der Waals surface area contributed by atoms with Crippen LogP contribution in [0.4, 0.5) is 14.5 Å². The highest BCUT2D eigenvalue weighted by atomic mass is 19.3. The fraction of sp³-hybridized carbons (Fsp3) is 0.263. The van der Waals surface area contributed by atoms with E-state index >= 15 is 0 Å². The van der Waals surface area contributed by atoms with E-state index in [1.54, 1.807) is 43.3 Å². The number of likely N-dealkylation sites (N-methyl/N-ethyl adjacent to an activating group) is 1. The highest BCUT2D eigenvalue weighted by Gasteiger charge is 2.22. The van der Waals surface area contributed by atoms with Crippen molar-refractivity contribution in [1.82, 2.24) is 0 Å². The molecule has 0 radical (unpaired) electrons. The SMILES string of the molecule is C[C@H](C(=O)Nc1cccc(C#N)c1)[NH+](C)Cc1ccc(OC(F)F)cc1. The Morgan fingerprint density at radius 1 is 1.27 bits per heavy atom. The quantitative estimate of drug-likeness (QED) is 0.796. The number of nitrogens with one attached hydrogen (secondary N) is 2. The summed E-state index contributed by atoms with van der Waals surface area (Å²) in [5, 5.41) is 11.7. The van der Waals surface area contributed by atoms with E-state index in [1.165, 1.54) is 12.1 Å². The molecule has 0 aromatic heterocycles. The number of ether oxygens (including phenoxy) is 1. The Bertz CT molecular complexity index is 788. The molecule has 2 atom stereocenters. The van der Waals surface area contributed by atoms with Gasteiger partial charge in [0.15, 0.2) is 6.04 Å². The molecule has 0 heterocycles. The monoisotopic (exact) mass is 360 g/mol. The smallest absolute Gasteiger partial charge is 0.387 e. The Morgan fingerprint density at radius 2 is 1.96 bits per heavy atom. The van der Waals surface area contributed by atoms with Crippen LogP contribution in [0.5, 0.6) is 5.75 Å². The Morgan fingerprint density at radius 3 is 2.58 bits per heavy atom. The van der Waals surface area contributed by atoms with Gasteiger partial charge in [0.25, 0.3) is 5.91 Å². The van der Waals surface area contributed by atoms with Crippen LogP contribution in [0.3, 0.4) is 0 Å². The predicted molar refractivity (Wildman–Crippen MR) is 92.9 cm³/mol. The maximum atomic E-state index is 12.4. The number of nitriles is 1. The van der Waals surface area contributed by atoms with Crippen LogP contribution in [-0.2, 0) is 11.3 Å². The minimum atomic E-state index is -2.85. The summed E-state index contributed by atoms with van der Waals surface area (Å²) < 4.78 is 28.6. The number of hydrogen-bond donors (Lipinski definition) is 2. The average Bonchev–Trinajstić information content (AvgIpc) is 2.62. The molecule has 0 fully saturated rings. The summed E-state index contributed by atoms with van der Waals surface area (Å²) in [5.74, 6) is -0.0696. The molecule has 136 valence electrons. The van der Waals surface area contributed by atoms with Gasteiger partial charge in [-0.1, -0.05) is 6.07 Å². The number of anilines is 1. The number of carbonyl (C=O) groups excluding carboxylic acids is 1. The van der Waals surface area contributed by atoms with Gasteiger partial charge in [-0.05, 0) is 49.4 Å². The van der Waals surface area contributed by atoms with Crippen LogP contribution in [0, 0.1) is 11.3 Å². The summed E-state index contributed by atoms with van der Waals surface area (Å²) in [7, 11) is 1.87. The van der Waals surface area contributed by atoms with E-state index in [0.717, 1.165) is 10.5 Å². The fourth-order valence-corrected chi connectivity index (χ4v) is 2.40. The molecule has 0 saturated carbocycles. The number of alkyl halides is 2. The Hall–Kier alpha value is -2.98. The summed E-state index contributed by atoms with van der Waals surface area (Å²) in [5.41, 5.74) is 1.94. The van der Waals surface area contributed by atoms with Gasteiger partial charge in [-0.2, -0.15) is 14.0 Å². The summed E-state index contributed by atoms with van der Waals surface area (Å²) >= 11 is 0. The first-order valence-corrected chi connectivity index (χ1v) is 8.06. The third-order valence-corrected chi connectivity index (χ3v) is 4.02. The van der Waals surface area contributed by atoms with Crippen LogP contribution in [0.25, 0.3) is 0 Å². The van der Waals surface area contributed by atoms with E-state index in [2.05, 4.69) is 10.1 Å². The summed E-state index contributed by atoms with van der Waals surface area (Å²) in [6, 6.07) is 14.7. The normalized spacial score (nSPS) is 12.9. The van der Waals surface area contributed by atoms with E-state index in [1.807, 2.05) is 13.1 Å². The number of rotatable bonds is 7. The molecule has 0 aliphatic carbocycles. The first-order chi connectivity index (χ1) is 12.4. The first kappa shape index (κ1) is 19.3. The largest absolute Gasteiger partial charge is 0.435 e. The van der Waals surface area contributed by atoms with E-state index in [9.17, 15) is 13.6 Å². The van der Waals surface area contributed by atoms with Crippen LogP contribution in [0.15, 0.2) is 48.5 Å². The van der Waals surface area contributed by atoms with Gasteiger partial charge in [0.2, 0.25) is 0 Å². The second-order valence-electron chi connectivity index (χ2n) is 5.95. The molecule has 0 aliphatic rings. The van der Waals surface area contributed by atoms with Gasteiger partial charge in [0.05, 0.1) is 18.7 Å². The van der Waals surface area contributed by atoms with Crippen molar-refractivity contribution >= 4 is 11.6 Å². The first-order valence-electron chi connectivity index (χ1n) is 8.06. The van der Waals surface area contributed by atoms with Crippen molar-refractivity contribution in [3.63, 3.8) is 0 Å². The highest BCUT2D eigenvalue weighted by Crippen LogP contribution is 2.14. The molecular formula is C19H20F2N3O2+. The van der Waals surface area contributed by atoms with Crippen LogP contribution in [0.2, 0.25) is 0 Å². The van der Waals surface area contributed by atoms with Gasteiger partial charge in [-0.25, -0.2) is 0 Å². The third kappa shape index (κ3) is 5.53. The zero-order valence-electron chi connectivity index (χ0n) is 14.5. The Labute approximate surface area is 150 Å². The van der Waals surface area contributed by atoms with Crippen molar-refractivity contribution < 1.29 is 23.2 Å². The van der Waals surface area contributed by atoms with Gasteiger partial charge >= 0.3 is 6.61 Å². The average molecular weight is 360 g/mol. The minimum Gasteiger partial charge on any atom is -0.435 e.